The summed E-state index contributed by atoms with van der Waals surface area (Å²) < 4.78 is 12.6. The van der Waals surface area contributed by atoms with Crippen LogP contribution in [-0.4, -0.2) is 0 Å². The molecular weight excluding hydrogens is 1200 g/mol. The maximum Gasteiger partial charge on any atom is 0.159 e. The topological polar surface area (TPSA) is 41.6 Å². The van der Waals surface area contributed by atoms with Crippen LogP contribution in [0.15, 0.2) is 336 Å². The van der Waals surface area contributed by atoms with Crippen molar-refractivity contribution in [3.05, 3.63) is 399 Å². The third kappa shape index (κ3) is 8.62. The Morgan fingerprint density at radius 3 is 1.20 bits per heavy atom. The van der Waals surface area contributed by atoms with Crippen molar-refractivity contribution in [2.45, 2.75) is 49.4 Å². The highest BCUT2D eigenvalue weighted by molar-refractivity contribution is 6.31. The fourth-order valence-electron chi connectivity index (χ4n) is 17.3. The average Bonchev–Trinajstić information content (AvgIpc) is 1.60. The molecule has 2 spiro atoms. The maximum atomic E-state index is 6.63. The summed E-state index contributed by atoms with van der Waals surface area (Å²) in [5.41, 5.74) is 29.4. The van der Waals surface area contributed by atoms with Crippen molar-refractivity contribution in [2.75, 3.05) is 10.2 Å². The summed E-state index contributed by atoms with van der Waals surface area (Å²) in [4.78, 5) is 2.37. The molecule has 0 radical (unpaired) electrons. The lowest BCUT2D eigenvalue weighted by Gasteiger charge is -2.46. The predicted molar refractivity (Wildman–Crippen MR) is 402 cm³/mol. The van der Waals surface area contributed by atoms with Crippen LogP contribution in [0.2, 0.25) is 5.02 Å². The third-order valence-corrected chi connectivity index (χ3v) is 21.6. The molecule has 0 atom stereocenters. The molecule has 4 aliphatic carbocycles. The largest absolute Gasteiger partial charge is 0.454 e. The molecule has 0 aliphatic heterocycles. The number of benzene rings is 14. The Morgan fingerprint density at radius 2 is 0.670 bits per heavy atom. The quantitative estimate of drug-likeness (QED) is 0.186. The van der Waals surface area contributed by atoms with Crippen LogP contribution in [0, 0.1) is 0 Å². The van der Waals surface area contributed by atoms with E-state index in [4.69, 9.17) is 20.4 Å². The Hall–Kier alpha value is -11.4. The van der Waals surface area contributed by atoms with Gasteiger partial charge in [0.05, 0.1) is 22.2 Å². The van der Waals surface area contributed by atoms with E-state index in [2.05, 4.69) is 299 Å². The second-order valence-corrected chi connectivity index (χ2v) is 27.6. The zero-order chi connectivity index (χ0) is 65.2. The molecule has 14 aromatic carbocycles. The number of nitrogens with zero attached hydrogens (tertiary/aromatic N) is 1. The molecule has 0 fully saturated rings. The first kappa shape index (κ1) is 58.2. The van der Waals surface area contributed by atoms with E-state index < -0.39 is 5.41 Å². The van der Waals surface area contributed by atoms with Crippen LogP contribution in [0.4, 0.5) is 28.4 Å². The molecule has 16 aromatic rings. The molecule has 20 rings (SSSR count). The SMILES string of the molecule is CC1(C)c2ccccc2C2(c3ccccc3-c3ccc(Cl)cc32)c2ccccc21.CC1(C)c2ccccc2C2(c3ccccc3-c3ccc(N(c4ccccc4)c4cccc5c4oc4ccccc45)cc32)c2ccccc21.c1ccc(Nc2cccc3c2oc2ccccc23)cc1. The number of halogens is 1. The van der Waals surface area contributed by atoms with E-state index in [-0.39, 0.29) is 16.2 Å². The molecule has 0 saturated heterocycles. The van der Waals surface area contributed by atoms with Crippen LogP contribution in [0.3, 0.4) is 0 Å². The van der Waals surface area contributed by atoms with Crippen molar-refractivity contribution in [3.63, 3.8) is 0 Å². The minimum atomic E-state index is -0.460. The number of fused-ring (bicyclic) bond motifs is 24. The fraction of sp³-hybridized carbons (Fsp3) is 0.0870. The van der Waals surface area contributed by atoms with Crippen molar-refractivity contribution in [1.82, 2.24) is 0 Å². The molecule has 2 heterocycles. The third-order valence-electron chi connectivity index (χ3n) is 21.4. The van der Waals surface area contributed by atoms with E-state index in [1.165, 1.54) is 89.0 Å². The van der Waals surface area contributed by atoms with E-state index in [0.717, 1.165) is 77.3 Å². The van der Waals surface area contributed by atoms with Gasteiger partial charge in [0.1, 0.15) is 11.2 Å². The lowest BCUT2D eigenvalue weighted by atomic mass is 9.55. The smallest absolute Gasteiger partial charge is 0.159 e. The number of nitrogens with one attached hydrogen (secondary N) is 1. The highest BCUT2D eigenvalue weighted by atomic mass is 35.5. The molecule has 4 aliphatic rings. The van der Waals surface area contributed by atoms with Gasteiger partial charge in [-0.25, -0.2) is 0 Å². The minimum Gasteiger partial charge on any atom is -0.454 e. The van der Waals surface area contributed by atoms with E-state index in [1.807, 2.05) is 66.7 Å². The van der Waals surface area contributed by atoms with Crippen molar-refractivity contribution in [3.8, 4) is 22.3 Å². The molecule has 5 heteroatoms. The summed E-state index contributed by atoms with van der Waals surface area (Å²) in [6, 6.07) is 118. The first-order chi connectivity index (χ1) is 47.6. The van der Waals surface area contributed by atoms with Gasteiger partial charge in [-0.1, -0.05) is 294 Å². The normalized spacial score (nSPS) is 14.6. The highest BCUT2D eigenvalue weighted by Crippen LogP contribution is 2.65. The lowest BCUT2D eigenvalue weighted by Crippen LogP contribution is -2.40. The Bertz CT molecular complexity index is 5700. The van der Waals surface area contributed by atoms with E-state index in [1.54, 1.807) is 0 Å². The number of hydrogen-bond acceptors (Lipinski definition) is 4. The zero-order valence-corrected chi connectivity index (χ0v) is 55.1. The second-order valence-electron chi connectivity index (χ2n) is 27.1. The van der Waals surface area contributed by atoms with Crippen LogP contribution < -0.4 is 10.2 Å². The summed E-state index contributed by atoms with van der Waals surface area (Å²) in [7, 11) is 0. The van der Waals surface area contributed by atoms with Crippen molar-refractivity contribution in [2.24, 2.45) is 0 Å². The molecule has 97 heavy (non-hydrogen) atoms. The molecule has 0 amide bonds. The monoisotopic (exact) mass is 1270 g/mol. The first-order valence-corrected chi connectivity index (χ1v) is 34.0. The number of rotatable bonds is 5. The van der Waals surface area contributed by atoms with Gasteiger partial charge in [-0.3, -0.25) is 0 Å². The second kappa shape index (κ2) is 22.3. The van der Waals surface area contributed by atoms with Gasteiger partial charge in [-0.05, 0) is 162 Å². The zero-order valence-electron chi connectivity index (χ0n) is 54.3. The van der Waals surface area contributed by atoms with Gasteiger partial charge in [0.15, 0.2) is 11.2 Å². The average molecular weight is 1270 g/mol. The molecule has 4 nitrogen and oxygen atoms in total. The Balaban J connectivity index is 0.000000118. The summed E-state index contributed by atoms with van der Waals surface area (Å²) in [5.74, 6) is 0. The van der Waals surface area contributed by atoms with Crippen molar-refractivity contribution < 1.29 is 8.83 Å². The maximum absolute atomic E-state index is 6.63. The van der Waals surface area contributed by atoms with E-state index in [9.17, 15) is 0 Å². The number of anilines is 5. The summed E-state index contributed by atoms with van der Waals surface area (Å²) in [6.45, 7) is 9.44. The van der Waals surface area contributed by atoms with Crippen LogP contribution in [-0.2, 0) is 21.7 Å². The number of furan rings is 2. The summed E-state index contributed by atoms with van der Waals surface area (Å²) in [6.07, 6.45) is 0. The minimum absolute atomic E-state index is 0.0608. The van der Waals surface area contributed by atoms with Gasteiger partial charge >= 0.3 is 0 Å². The van der Waals surface area contributed by atoms with Gasteiger partial charge in [-0.2, -0.15) is 0 Å². The van der Waals surface area contributed by atoms with E-state index in [0.29, 0.717) is 0 Å². The molecule has 1 N–H and O–H groups in total. The molecule has 2 aromatic heterocycles. The van der Waals surface area contributed by atoms with Crippen LogP contribution in [0.1, 0.15) is 94.5 Å². The Kier molecular flexibility index (Phi) is 13.4. The van der Waals surface area contributed by atoms with Crippen LogP contribution in [0.5, 0.6) is 0 Å². The lowest BCUT2D eigenvalue weighted by molar-refractivity contribution is 0.563. The molecular formula is C92H67ClN2O2. The highest BCUT2D eigenvalue weighted by Gasteiger charge is 2.55. The van der Waals surface area contributed by atoms with Crippen molar-refractivity contribution >= 4 is 83.9 Å². The molecule has 0 unspecified atom stereocenters. The van der Waals surface area contributed by atoms with Crippen LogP contribution >= 0.6 is 11.6 Å². The first-order valence-electron chi connectivity index (χ1n) is 33.6. The summed E-state index contributed by atoms with van der Waals surface area (Å²) in [5, 5.41) is 8.74. The molecule has 0 saturated carbocycles. The molecule has 464 valence electrons. The van der Waals surface area contributed by atoms with Gasteiger partial charge in [0, 0.05) is 54.5 Å². The van der Waals surface area contributed by atoms with Crippen molar-refractivity contribution in [1.29, 1.82) is 0 Å². The van der Waals surface area contributed by atoms with Gasteiger partial charge in [0.25, 0.3) is 0 Å². The van der Waals surface area contributed by atoms with Gasteiger partial charge in [0.2, 0.25) is 0 Å². The van der Waals surface area contributed by atoms with E-state index >= 15 is 0 Å². The summed E-state index contributed by atoms with van der Waals surface area (Å²) >= 11 is 6.58. The standard InChI is InChI=1S/C46H33NO.C28H21Cl.C18H13NO/c1-45(2)37-21-9-11-23-39(37)46(40-24-12-10-22-38(40)45)36-20-8-6-17-32(36)33-28-27-31(29-41(33)46)47(30-15-4-3-5-16-30)42-25-14-19-35-34-18-7-13-26-43(34)48-44(35)42;1-27(2)22-11-5-7-13-24(22)28(25-14-8-6-12-23(25)27)21-10-4-3-9-19(21)20-16-15-18(29)17-26(20)28;1-2-7-13(8-3-1)19-16-11-6-10-15-14-9-4-5-12-17(14)20-18(15)16/h3-29H,1-2H3;3-17H,1-2H3;1-12,19H. The van der Waals surface area contributed by atoms with Gasteiger partial charge in [-0.15, -0.1) is 0 Å². The number of hydrogen-bond donors (Lipinski definition) is 1. The molecule has 0 bridgehead atoms. The number of para-hydroxylation sites is 6. The van der Waals surface area contributed by atoms with Gasteiger partial charge < -0.3 is 19.1 Å². The Labute approximate surface area is 570 Å². The van der Waals surface area contributed by atoms with Crippen LogP contribution in [0.25, 0.3) is 66.1 Å². The predicted octanol–water partition coefficient (Wildman–Crippen LogP) is 24.7. The fourth-order valence-corrected chi connectivity index (χ4v) is 17.4. The Morgan fingerprint density at radius 1 is 0.289 bits per heavy atom.